The van der Waals surface area contributed by atoms with Crippen LogP contribution in [0.2, 0.25) is 0 Å². The highest BCUT2D eigenvalue weighted by atomic mass is 16.5. The highest BCUT2D eigenvalue weighted by molar-refractivity contribution is 6.22. The molecule has 1 saturated carbocycles. The van der Waals surface area contributed by atoms with Crippen LogP contribution >= 0.6 is 0 Å². The van der Waals surface area contributed by atoms with E-state index in [9.17, 15) is 19.2 Å². The van der Waals surface area contributed by atoms with E-state index >= 15 is 0 Å². The largest absolute Gasteiger partial charge is 0.426 e. The Morgan fingerprint density at radius 3 is 2.11 bits per heavy atom. The number of amides is 3. The van der Waals surface area contributed by atoms with Gasteiger partial charge in [-0.2, -0.15) is 0 Å². The van der Waals surface area contributed by atoms with E-state index in [0.717, 1.165) is 42.5 Å². The lowest BCUT2D eigenvalue weighted by molar-refractivity contribution is -0.139. The number of ether oxygens (including phenoxy) is 1. The molecule has 0 aromatic heterocycles. The first-order valence-corrected chi connectivity index (χ1v) is 12.3. The van der Waals surface area contributed by atoms with Gasteiger partial charge in [0.25, 0.3) is 0 Å². The molecule has 35 heavy (non-hydrogen) atoms. The monoisotopic (exact) mass is 474 g/mol. The quantitative estimate of drug-likeness (QED) is 0.376. The summed E-state index contributed by atoms with van der Waals surface area (Å²) in [6.45, 7) is 6.03. The van der Waals surface area contributed by atoms with Crippen molar-refractivity contribution < 1.29 is 23.9 Å². The van der Waals surface area contributed by atoms with Gasteiger partial charge in [0.1, 0.15) is 5.75 Å². The lowest BCUT2D eigenvalue weighted by Crippen LogP contribution is -2.31. The summed E-state index contributed by atoms with van der Waals surface area (Å²) in [7, 11) is 0. The highest BCUT2D eigenvalue weighted by Crippen LogP contribution is 2.41. The molecule has 7 nitrogen and oxygen atoms in total. The van der Waals surface area contributed by atoms with Crippen LogP contribution < -0.4 is 14.5 Å². The summed E-state index contributed by atoms with van der Waals surface area (Å²) in [5.74, 6) is -1.46. The lowest BCUT2D eigenvalue weighted by atomic mass is 9.81. The van der Waals surface area contributed by atoms with Crippen molar-refractivity contribution in [3.05, 3.63) is 53.1 Å². The zero-order valence-corrected chi connectivity index (χ0v) is 20.4. The van der Waals surface area contributed by atoms with Gasteiger partial charge in [-0.25, -0.2) is 4.90 Å². The summed E-state index contributed by atoms with van der Waals surface area (Å²) in [6, 6.07) is 10.9. The second-order valence-electron chi connectivity index (χ2n) is 10.1. The Balaban J connectivity index is 1.28. The molecule has 2 aromatic rings. The number of hydrogen-bond acceptors (Lipinski definition) is 5. The maximum absolute atomic E-state index is 12.9. The zero-order chi connectivity index (χ0) is 24.9. The van der Waals surface area contributed by atoms with Gasteiger partial charge in [0.2, 0.25) is 17.7 Å². The van der Waals surface area contributed by atoms with Gasteiger partial charge in [0.05, 0.1) is 23.4 Å². The predicted molar refractivity (Wildman–Crippen MR) is 131 cm³/mol. The number of fused-ring (bicyclic) bond motifs is 1. The van der Waals surface area contributed by atoms with Crippen LogP contribution in [0.4, 0.5) is 11.4 Å². The number of imide groups is 1. The molecule has 2 heterocycles. The first-order valence-electron chi connectivity index (χ1n) is 12.3. The molecule has 2 aliphatic heterocycles. The normalized spacial score (nSPS) is 24.2. The van der Waals surface area contributed by atoms with Crippen molar-refractivity contribution in [3.63, 3.8) is 0 Å². The molecule has 1 aliphatic carbocycles. The summed E-state index contributed by atoms with van der Waals surface area (Å²) in [4.78, 5) is 54.4. The Morgan fingerprint density at radius 2 is 1.51 bits per heavy atom. The van der Waals surface area contributed by atoms with Gasteiger partial charge in [-0.05, 0) is 80.6 Å². The molecule has 3 aliphatic rings. The standard InChI is InChI=1S/C28H30N2O5/c1-16-10-17(2)12-20(11-16)29-15-19(14-25(29)31)28(34)35-21-8-9-24(18(3)13-21)30-26(32)22-6-4-5-7-23(22)27(30)33/h8-13,19,22-23H,4-7,14-15H2,1-3H3/t19-,22-,23+/m1/s1. The minimum Gasteiger partial charge on any atom is -0.426 e. The SMILES string of the molecule is Cc1cc(C)cc(N2C[C@H](C(=O)Oc3ccc(N4C(=O)[C@H]5CCCC[C@H]5C4=O)c(C)c3)CC2=O)c1. The van der Waals surface area contributed by atoms with E-state index in [1.165, 1.54) is 4.90 Å². The van der Waals surface area contributed by atoms with E-state index in [0.29, 0.717) is 17.0 Å². The number of benzene rings is 2. The number of hydrogen-bond donors (Lipinski definition) is 0. The van der Waals surface area contributed by atoms with Crippen LogP contribution in [0.15, 0.2) is 36.4 Å². The van der Waals surface area contributed by atoms with Crippen LogP contribution in [0, 0.1) is 38.5 Å². The average molecular weight is 475 g/mol. The van der Waals surface area contributed by atoms with Gasteiger partial charge in [-0.1, -0.05) is 18.9 Å². The number of carbonyl (C=O) groups excluding carboxylic acids is 4. The Kier molecular flexibility index (Phi) is 5.95. The summed E-state index contributed by atoms with van der Waals surface area (Å²) >= 11 is 0. The predicted octanol–water partition coefficient (Wildman–Crippen LogP) is 4.25. The van der Waals surface area contributed by atoms with Crippen molar-refractivity contribution in [2.45, 2.75) is 52.9 Å². The van der Waals surface area contributed by atoms with Crippen LogP contribution in [-0.4, -0.2) is 30.2 Å². The van der Waals surface area contributed by atoms with E-state index in [4.69, 9.17) is 4.74 Å². The molecular formula is C28H30N2O5. The lowest BCUT2D eigenvalue weighted by Gasteiger charge is -2.19. The number of anilines is 2. The van der Waals surface area contributed by atoms with E-state index in [1.807, 2.05) is 32.0 Å². The number of carbonyl (C=O) groups is 4. The molecule has 2 saturated heterocycles. The van der Waals surface area contributed by atoms with Crippen molar-refractivity contribution in [1.29, 1.82) is 0 Å². The Bertz CT molecular complexity index is 1190. The highest BCUT2D eigenvalue weighted by Gasteiger charge is 2.49. The number of esters is 1. The Morgan fingerprint density at radius 1 is 0.886 bits per heavy atom. The molecular weight excluding hydrogens is 444 g/mol. The molecule has 0 spiro atoms. The maximum Gasteiger partial charge on any atom is 0.316 e. The topological polar surface area (TPSA) is 84.0 Å². The fourth-order valence-electron chi connectivity index (χ4n) is 5.76. The molecule has 5 rings (SSSR count). The molecule has 7 heteroatoms. The minimum atomic E-state index is -0.562. The molecule has 182 valence electrons. The van der Waals surface area contributed by atoms with Crippen molar-refractivity contribution in [3.8, 4) is 5.75 Å². The fraction of sp³-hybridized carbons (Fsp3) is 0.429. The van der Waals surface area contributed by atoms with Gasteiger partial charge in [-0.3, -0.25) is 19.2 Å². The van der Waals surface area contributed by atoms with Crippen molar-refractivity contribution in [2.24, 2.45) is 17.8 Å². The first kappa shape index (κ1) is 23.3. The van der Waals surface area contributed by atoms with E-state index in [-0.39, 0.29) is 42.5 Å². The second-order valence-corrected chi connectivity index (χ2v) is 10.1. The van der Waals surface area contributed by atoms with Crippen LogP contribution in [0.3, 0.4) is 0 Å². The third-order valence-electron chi connectivity index (χ3n) is 7.45. The summed E-state index contributed by atoms with van der Waals surface area (Å²) in [6.07, 6.45) is 3.58. The van der Waals surface area contributed by atoms with E-state index in [2.05, 4.69) is 0 Å². The molecule has 0 bridgehead atoms. The van der Waals surface area contributed by atoms with Gasteiger partial charge in [0, 0.05) is 18.7 Å². The number of nitrogens with zero attached hydrogens (tertiary/aromatic N) is 2. The third-order valence-corrected chi connectivity index (χ3v) is 7.45. The van der Waals surface area contributed by atoms with E-state index in [1.54, 1.807) is 30.0 Å². The van der Waals surface area contributed by atoms with Crippen LogP contribution in [0.5, 0.6) is 5.75 Å². The minimum absolute atomic E-state index is 0.0996. The van der Waals surface area contributed by atoms with Crippen LogP contribution in [0.25, 0.3) is 0 Å². The Hall–Kier alpha value is -3.48. The Labute approximate surface area is 205 Å². The number of rotatable bonds is 4. The van der Waals surface area contributed by atoms with E-state index < -0.39 is 11.9 Å². The van der Waals surface area contributed by atoms with Crippen LogP contribution in [0.1, 0.15) is 48.8 Å². The summed E-state index contributed by atoms with van der Waals surface area (Å²) in [5.41, 5.74) is 4.15. The molecule has 3 amide bonds. The molecule has 0 N–H and O–H groups in total. The third kappa shape index (κ3) is 4.24. The zero-order valence-electron chi connectivity index (χ0n) is 20.4. The van der Waals surface area contributed by atoms with Crippen molar-refractivity contribution >= 4 is 35.1 Å². The molecule has 0 radical (unpaired) electrons. The maximum atomic E-state index is 12.9. The summed E-state index contributed by atoms with van der Waals surface area (Å²) in [5, 5.41) is 0. The van der Waals surface area contributed by atoms with Crippen molar-refractivity contribution in [1.82, 2.24) is 0 Å². The van der Waals surface area contributed by atoms with Gasteiger partial charge >= 0.3 is 5.97 Å². The molecule has 2 aromatic carbocycles. The number of aryl methyl sites for hydroxylation is 3. The molecule has 0 unspecified atom stereocenters. The smallest absolute Gasteiger partial charge is 0.316 e. The summed E-state index contributed by atoms with van der Waals surface area (Å²) < 4.78 is 5.62. The average Bonchev–Trinajstić information content (AvgIpc) is 3.32. The van der Waals surface area contributed by atoms with Crippen molar-refractivity contribution in [2.75, 3.05) is 16.3 Å². The fourth-order valence-corrected chi connectivity index (χ4v) is 5.76. The van der Waals surface area contributed by atoms with Crippen LogP contribution in [-0.2, 0) is 19.2 Å². The first-order chi connectivity index (χ1) is 16.7. The molecule has 3 atom stereocenters. The molecule has 3 fully saturated rings. The second kappa shape index (κ2) is 8.95. The van der Waals surface area contributed by atoms with Gasteiger partial charge in [-0.15, -0.1) is 0 Å². The van der Waals surface area contributed by atoms with Gasteiger partial charge < -0.3 is 9.64 Å². The van der Waals surface area contributed by atoms with Gasteiger partial charge in [0.15, 0.2) is 0 Å².